The zero-order valence-electron chi connectivity index (χ0n) is 10.9. The van der Waals surface area contributed by atoms with Gasteiger partial charge in [0.2, 0.25) is 0 Å². The summed E-state index contributed by atoms with van der Waals surface area (Å²) in [6.45, 7) is 4.09. The number of aryl methyl sites for hydroxylation is 2. The van der Waals surface area contributed by atoms with E-state index in [1.54, 1.807) is 11.8 Å². The van der Waals surface area contributed by atoms with Gasteiger partial charge in [0.1, 0.15) is 0 Å². The second kappa shape index (κ2) is 6.40. The molecule has 3 heteroatoms. The second-order valence-electron chi connectivity index (χ2n) is 4.44. The molecule has 0 N–H and O–H groups in total. The Bertz CT molecular complexity index is 607. The topological polar surface area (TPSA) is 17.1 Å². The number of carbonyl (C=O) groups is 1. The molecular weight excluding hydrogens is 320 g/mol. The molecule has 0 aromatic heterocycles. The van der Waals surface area contributed by atoms with Crippen LogP contribution in [0.1, 0.15) is 21.5 Å². The van der Waals surface area contributed by atoms with Crippen molar-refractivity contribution < 1.29 is 4.79 Å². The van der Waals surface area contributed by atoms with Crippen molar-refractivity contribution in [3.63, 3.8) is 0 Å². The standard InChI is InChI=1S/C16H15BrOS/c1-11-7-8-13(9-12(11)2)15(18)10-19-16-6-4-3-5-14(16)17/h3-9H,10H2,1-2H3. The molecule has 2 aromatic rings. The zero-order valence-corrected chi connectivity index (χ0v) is 13.3. The third kappa shape index (κ3) is 3.71. The quantitative estimate of drug-likeness (QED) is 0.575. The van der Waals surface area contributed by atoms with Gasteiger partial charge in [0.15, 0.2) is 5.78 Å². The van der Waals surface area contributed by atoms with E-state index in [0.29, 0.717) is 5.75 Å². The molecule has 2 aromatic carbocycles. The number of hydrogen-bond donors (Lipinski definition) is 0. The van der Waals surface area contributed by atoms with Crippen LogP contribution < -0.4 is 0 Å². The highest BCUT2D eigenvalue weighted by Crippen LogP contribution is 2.27. The Hall–Kier alpha value is -1.06. The minimum absolute atomic E-state index is 0.170. The number of thioether (sulfide) groups is 1. The van der Waals surface area contributed by atoms with E-state index < -0.39 is 0 Å². The van der Waals surface area contributed by atoms with Crippen molar-refractivity contribution in [3.05, 3.63) is 63.6 Å². The minimum atomic E-state index is 0.170. The highest BCUT2D eigenvalue weighted by Gasteiger charge is 2.08. The molecule has 0 spiro atoms. The van der Waals surface area contributed by atoms with Crippen molar-refractivity contribution in [1.29, 1.82) is 0 Å². The fourth-order valence-electron chi connectivity index (χ4n) is 1.70. The maximum Gasteiger partial charge on any atom is 0.173 e. The number of Topliss-reactive ketones (excluding diaryl/α,β-unsaturated/α-hetero) is 1. The average Bonchev–Trinajstić information content (AvgIpc) is 2.40. The van der Waals surface area contributed by atoms with E-state index in [0.717, 1.165) is 20.5 Å². The Morgan fingerprint density at radius 3 is 2.53 bits per heavy atom. The van der Waals surface area contributed by atoms with E-state index >= 15 is 0 Å². The molecule has 0 bridgehead atoms. The summed E-state index contributed by atoms with van der Waals surface area (Å²) in [5.74, 6) is 0.634. The molecule has 0 heterocycles. The van der Waals surface area contributed by atoms with Crippen LogP contribution in [0.2, 0.25) is 0 Å². The van der Waals surface area contributed by atoms with Crippen molar-refractivity contribution in [1.82, 2.24) is 0 Å². The van der Waals surface area contributed by atoms with Crippen LogP contribution in [0.5, 0.6) is 0 Å². The maximum absolute atomic E-state index is 12.2. The van der Waals surface area contributed by atoms with Crippen molar-refractivity contribution in [2.45, 2.75) is 18.7 Å². The fourth-order valence-corrected chi connectivity index (χ4v) is 3.17. The van der Waals surface area contributed by atoms with Gasteiger partial charge in [-0.1, -0.05) is 24.3 Å². The first-order valence-electron chi connectivity index (χ1n) is 6.05. The molecule has 0 aliphatic rings. The van der Waals surface area contributed by atoms with Crippen LogP contribution in [0.15, 0.2) is 51.8 Å². The van der Waals surface area contributed by atoms with Gasteiger partial charge in [0.25, 0.3) is 0 Å². The number of ketones is 1. The first-order chi connectivity index (χ1) is 9.08. The third-order valence-electron chi connectivity index (χ3n) is 3.02. The van der Waals surface area contributed by atoms with Crippen LogP contribution in [0.3, 0.4) is 0 Å². The van der Waals surface area contributed by atoms with E-state index in [2.05, 4.69) is 22.9 Å². The normalized spacial score (nSPS) is 10.5. The molecule has 2 rings (SSSR count). The van der Waals surface area contributed by atoms with Gasteiger partial charge in [-0.2, -0.15) is 0 Å². The number of rotatable bonds is 4. The summed E-state index contributed by atoms with van der Waals surface area (Å²) >= 11 is 5.06. The highest BCUT2D eigenvalue weighted by molar-refractivity contribution is 9.10. The molecule has 19 heavy (non-hydrogen) atoms. The smallest absolute Gasteiger partial charge is 0.173 e. The summed E-state index contributed by atoms with van der Waals surface area (Å²) in [6, 6.07) is 13.8. The summed E-state index contributed by atoms with van der Waals surface area (Å²) in [5, 5.41) is 0. The largest absolute Gasteiger partial charge is 0.293 e. The van der Waals surface area contributed by atoms with Crippen LogP contribution in [0.25, 0.3) is 0 Å². The Labute approximate surface area is 126 Å². The lowest BCUT2D eigenvalue weighted by molar-refractivity contribution is 0.102. The van der Waals surface area contributed by atoms with E-state index in [9.17, 15) is 4.79 Å². The molecule has 0 aliphatic carbocycles. The van der Waals surface area contributed by atoms with Crippen LogP contribution in [0, 0.1) is 13.8 Å². The minimum Gasteiger partial charge on any atom is -0.293 e. The Morgan fingerprint density at radius 2 is 1.84 bits per heavy atom. The van der Waals surface area contributed by atoms with E-state index in [1.165, 1.54) is 5.56 Å². The summed E-state index contributed by atoms with van der Waals surface area (Å²) < 4.78 is 1.04. The first kappa shape index (κ1) is 14.4. The lowest BCUT2D eigenvalue weighted by atomic mass is 10.0. The lowest BCUT2D eigenvalue weighted by Crippen LogP contribution is -2.03. The molecule has 0 unspecified atom stereocenters. The van der Waals surface area contributed by atoms with Gasteiger partial charge in [-0.25, -0.2) is 0 Å². The van der Waals surface area contributed by atoms with Gasteiger partial charge >= 0.3 is 0 Å². The molecular formula is C16H15BrOS. The molecule has 0 amide bonds. The van der Waals surface area contributed by atoms with Crippen LogP contribution in [-0.4, -0.2) is 11.5 Å². The summed E-state index contributed by atoms with van der Waals surface area (Å²) in [4.78, 5) is 13.3. The molecule has 0 fully saturated rings. The number of carbonyl (C=O) groups excluding carboxylic acids is 1. The molecule has 0 saturated carbocycles. The van der Waals surface area contributed by atoms with Gasteiger partial charge in [-0.05, 0) is 59.1 Å². The first-order valence-corrected chi connectivity index (χ1v) is 7.83. The van der Waals surface area contributed by atoms with E-state index in [4.69, 9.17) is 0 Å². The molecule has 98 valence electrons. The average molecular weight is 335 g/mol. The Balaban J connectivity index is 2.05. The SMILES string of the molecule is Cc1ccc(C(=O)CSc2ccccc2Br)cc1C. The zero-order chi connectivity index (χ0) is 13.8. The van der Waals surface area contributed by atoms with Crippen LogP contribution >= 0.6 is 27.7 Å². The lowest BCUT2D eigenvalue weighted by Gasteiger charge is -2.06. The van der Waals surface area contributed by atoms with Crippen molar-refractivity contribution in [2.75, 3.05) is 5.75 Å². The predicted octanol–water partition coefficient (Wildman–Crippen LogP) is 5.04. The van der Waals surface area contributed by atoms with Crippen molar-refractivity contribution in [3.8, 4) is 0 Å². The van der Waals surface area contributed by atoms with Gasteiger partial charge in [0, 0.05) is 14.9 Å². The predicted molar refractivity (Wildman–Crippen MR) is 85.1 cm³/mol. The molecule has 0 radical (unpaired) electrons. The summed E-state index contributed by atoms with van der Waals surface area (Å²) in [7, 11) is 0. The second-order valence-corrected chi connectivity index (χ2v) is 6.31. The van der Waals surface area contributed by atoms with Crippen LogP contribution in [-0.2, 0) is 0 Å². The Morgan fingerprint density at radius 1 is 1.11 bits per heavy atom. The number of hydrogen-bond acceptors (Lipinski definition) is 2. The van der Waals surface area contributed by atoms with E-state index in [-0.39, 0.29) is 5.78 Å². The van der Waals surface area contributed by atoms with Gasteiger partial charge in [-0.15, -0.1) is 11.8 Å². The van der Waals surface area contributed by atoms with Crippen LogP contribution in [0.4, 0.5) is 0 Å². The monoisotopic (exact) mass is 334 g/mol. The summed E-state index contributed by atoms with van der Waals surface area (Å²) in [6.07, 6.45) is 0. The van der Waals surface area contributed by atoms with Crippen molar-refractivity contribution in [2.24, 2.45) is 0 Å². The van der Waals surface area contributed by atoms with Gasteiger partial charge in [0.05, 0.1) is 5.75 Å². The van der Waals surface area contributed by atoms with Crippen molar-refractivity contribution >= 4 is 33.5 Å². The maximum atomic E-state index is 12.2. The van der Waals surface area contributed by atoms with Gasteiger partial charge < -0.3 is 0 Å². The highest BCUT2D eigenvalue weighted by atomic mass is 79.9. The number of benzene rings is 2. The summed E-state index contributed by atoms with van der Waals surface area (Å²) in [5.41, 5.74) is 3.18. The molecule has 0 saturated heterocycles. The molecule has 1 nitrogen and oxygen atoms in total. The number of halogens is 1. The van der Waals surface area contributed by atoms with Gasteiger partial charge in [-0.3, -0.25) is 4.79 Å². The third-order valence-corrected chi connectivity index (χ3v) is 5.05. The Kier molecular flexibility index (Phi) is 4.83. The van der Waals surface area contributed by atoms with E-state index in [1.807, 2.05) is 49.4 Å². The fraction of sp³-hybridized carbons (Fsp3) is 0.188. The molecule has 0 aliphatic heterocycles. The molecule has 0 atom stereocenters.